The number of hydrogen-bond acceptors (Lipinski definition) is 5. The largest absolute Gasteiger partial charge is 0.418 e. The smallest absolute Gasteiger partial charge is 0.370 e. The molecule has 1 aliphatic carbocycles. The van der Waals surface area contributed by atoms with Crippen LogP contribution in [0.4, 0.5) is 24.5 Å². The fraction of sp³-hybridized carbons (Fsp3) is 0.500. The van der Waals surface area contributed by atoms with Crippen LogP contribution in [0.5, 0.6) is 0 Å². The van der Waals surface area contributed by atoms with Gasteiger partial charge < -0.3 is 20.7 Å². The lowest BCUT2D eigenvalue weighted by Gasteiger charge is -2.30. The second-order valence-corrected chi connectivity index (χ2v) is 6.95. The van der Waals surface area contributed by atoms with Crippen LogP contribution in [0, 0.1) is 0 Å². The normalized spacial score (nSPS) is 18.9. The molecule has 1 aromatic rings. The Morgan fingerprint density at radius 1 is 1.28 bits per heavy atom. The first-order valence-corrected chi connectivity index (χ1v) is 9.12. The van der Waals surface area contributed by atoms with Gasteiger partial charge in [0.2, 0.25) is 5.91 Å². The summed E-state index contributed by atoms with van der Waals surface area (Å²) in [5, 5.41) is 5.11. The van der Waals surface area contributed by atoms with Crippen LogP contribution in [0.3, 0.4) is 0 Å². The minimum absolute atomic E-state index is 0.0112. The molecule has 0 spiro atoms. The van der Waals surface area contributed by atoms with E-state index in [-0.39, 0.29) is 37.2 Å². The number of morpholine rings is 1. The molecular weight excluding hydrogens is 393 g/mol. The Morgan fingerprint density at radius 2 is 2.00 bits per heavy atom. The van der Waals surface area contributed by atoms with Crippen molar-refractivity contribution >= 4 is 29.1 Å². The molecule has 1 saturated heterocycles. The highest BCUT2D eigenvalue weighted by atomic mass is 19.4. The van der Waals surface area contributed by atoms with E-state index in [9.17, 15) is 27.6 Å². The predicted molar refractivity (Wildman–Crippen MR) is 97.0 cm³/mol. The maximum atomic E-state index is 13.6. The lowest BCUT2D eigenvalue weighted by atomic mass is 9.92. The summed E-state index contributed by atoms with van der Waals surface area (Å²) in [6, 6.07) is 1.71. The van der Waals surface area contributed by atoms with E-state index >= 15 is 0 Å². The molecule has 1 aromatic carbocycles. The Labute approximate surface area is 164 Å². The standard InChI is InChI=1S/C18H21F3N4O4/c19-18(20,21)12-8-11(4-5-13(12)25-6-7-29-9-14(25)26)24-17(28)15(16(22)27)23-10-2-1-3-10/h4-5,8,10,15,23H,1-3,6-7,9H2,(H2,22,27)(H,24,28)/t15-/m1/s1. The van der Waals surface area contributed by atoms with Crippen molar-refractivity contribution in [3.05, 3.63) is 23.8 Å². The van der Waals surface area contributed by atoms with Gasteiger partial charge in [0, 0.05) is 18.3 Å². The highest BCUT2D eigenvalue weighted by molar-refractivity contribution is 6.09. The number of amides is 3. The zero-order valence-electron chi connectivity index (χ0n) is 15.4. The number of ether oxygens (including phenoxy) is 1. The monoisotopic (exact) mass is 414 g/mol. The molecule has 29 heavy (non-hydrogen) atoms. The Balaban J connectivity index is 1.83. The zero-order chi connectivity index (χ0) is 21.2. The average Bonchev–Trinajstić information content (AvgIpc) is 2.60. The van der Waals surface area contributed by atoms with Gasteiger partial charge in [-0.1, -0.05) is 6.42 Å². The number of carbonyl (C=O) groups is 3. The van der Waals surface area contributed by atoms with Crippen molar-refractivity contribution < 1.29 is 32.3 Å². The van der Waals surface area contributed by atoms with E-state index in [2.05, 4.69) is 10.6 Å². The quantitative estimate of drug-likeness (QED) is 0.601. The van der Waals surface area contributed by atoms with Gasteiger partial charge in [-0.25, -0.2) is 0 Å². The number of nitrogens with two attached hydrogens (primary N) is 1. The van der Waals surface area contributed by atoms with E-state index in [1.54, 1.807) is 0 Å². The van der Waals surface area contributed by atoms with Crippen LogP contribution in [0.1, 0.15) is 24.8 Å². The Kier molecular flexibility index (Phi) is 6.08. The van der Waals surface area contributed by atoms with Crippen molar-refractivity contribution in [2.24, 2.45) is 5.73 Å². The van der Waals surface area contributed by atoms with Gasteiger partial charge in [-0.3, -0.25) is 19.7 Å². The summed E-state index contributed by atoms with van der Waals surface area (Å²) in [4.78, 5) is 36.9. The third-order valence-electron chi connectivity index (χ3n) is 4.90. The lowest BCUT2D eigenvalue weighted by molar-refractivity contribution is -0.137. The molecule has 3 rings (SSSR count). The first-order chi connectivity index (χ1) is 13.7. The van der Waals surface area contributed by atoms with Crippen LogP contribution in [-0.2, 0) is 25.3 Å². The molecule has 0 bridgehead atoms. The predicted octanol–water partition coefficient (Wildman–Crippen LogP) is 1.00. The SMILES string of the molecule is NC(=O)[C@@H](NC1CCC1)C(=O)Nc1ccc(N2CCOCC2=O)c(C(F)(F)F)c1. The number of benzene rings is 1. The van der Waals surface area contributed by atoms with Crippen molar-refractivity contribution in [2.45, 2.75) is 37.5 Å². The number of nitrogens with one attached hydrogen (secondary N) is 2. The fourth-order valence-corrected chi connectivity index (χ4v) is 3.16. The molecule has 4 N–H and O–H groups in total. The maximum Gasteiger partial charge on any atom is 0.418 e. The number of halogens is 3. The molecule has 11 heteroatoms. The summed E-state index contributed by atoms with van der Waals surface area (Å²) in [6.07, 6.45) is -2.22. The number of carbonyl (C=O) groups excluding carboxylic acids is 3. The molecule has 8 nitrogen and oxygen atoms in total. The minimum Gasteiger partial charge on any atom is -0.370 e. The van der Waals surface area contributed by atoms with Gasteiger partial charge in [0.25, 0.3) is 11.8 Å². The Hall–Kier alpha value is -2.66. The van der Waals surface area contributed by atoms with E-state index in [1.807, 2.05) is 0 Å². The minimum atomic E-state index is -4.76. The molecule has 1 atom stereocenters. The van der Waals surface area contributed by atoms with E-state index in [0.29, 0.717) is 0 Å². The zero-order valence-corrected chi connectivity index (χ0v) is 15.4. The summed E-state index contributed by atoms with van der Waals surface area (Å²) >= 11 is 0. The van der Waals surface area contributed by atoms with Gasteiger partial charge in [-0.05, 0) is 31.0 Å². The van der Waals surface area contributed by atoms with E-state index < -0.39 is 35.5 Å². The fourth-order valence-electron chi connectivity index (χ4n) is 3.16. The molecule has 1 saturated carbocycles. The van der Waals surface area contributed by atoms with E-state index in [0.717, 1.165) is 36.3 Å². The summed E-state index contributed by atoms with van der Waals surface area (Å²) < 4.78 is 45.7. The van der Waals surface area contributed by atoms with E-state index in [1.165, 1.54) is 6.07 Å². The molecule has 3 amide bonds. The topological polar surface area (TPSA) is 114 Å². The summed E-state index contributed by atoms with van der Waals surface area (Å²) in [5.41, 5.74) is 3.70. The molecule has 0 radical (unpaired) electrons. The first kappa shape index (κ1) is 21.1. The van der Waals surface area contributed by atoms with Crippen molar-refractivity contribution in [3.8, 4) is 0 Å². The number of primary amides is 1. The number of hydrogen-bond donors (Lipinski definition) is 3. The maximum absolute atomic E-state index is 13.6. The van der Waals surface area contributed by atoms with Crippen molar-refractivity contribution in [1.29, 1.82) is 0 Å². The highest BCUT2D eigenvalue weighted by Gasteiger charge is 2.37. The Bertz CT molecular complexity index is 811. The van der Waals surface area contributed by atoms with Crippen LogP contribution in [0.15, 0.2) is 18.2 Å². The summed E-state index contributed by atoms with van der Waals surface area (Å²) in [7, 11) is 0. The van der Waals surface area contributed by atoms with Gasteiger partial charge in [-0.15, -0.1) is 0 Å². The van der Waals surface area contributed by atoms with Crippen LogP contribution in [0.2, 0.25) is 0 Å². The average molecular weight is 414 g/mol. The van der Waals surface area contributed by atoms with Crippen LogP contribution >= 0.6 is 0 Å². The highest BCUT2D eigenvalue weighted by Crippen LogP contribution is 2.38. The first-order valence-electron chi connectivity index (χ1n) is 9.12. The molecule has 158 valence electrons. The molecule has 1 aliphatic heterocycles. The molecular formula is C18H21F3N4O4. The lowest BCUT2D eigenvalue weighted by Crippen LogP contribution is -2.54. The van der Waals surface area contributed by atoms with Crippen LogP contribution < -0.4 is 21.3 Å². The van der Waals surface area contributed by atoms with Crippen LogP contribution in [-0.4, -0.2) is 49.6 Å². The van der Waals surface area contributed by atoms with Gasteiger partial charge in [-0.2, -0.15) is 13.2 Å². The second kappa shape index (κ2) is 8.37. The number of alkyl halides is 3. The molecule has 0 aromatic heterocycles. The van der Waals surface area contributed by atoms with Gasteiger partial charge in [0.05, 0.1) is 17.9 Å². The number of rotatable bonds is 6. The third-order valence-corrected chi connectivity index (χ3v) is 4.90. The molecule has 2 aliphatic rings. The van der Waals surface area contributed by atoms with Crippen LogP contribution in [0.25, 0.3) is 0 Å². The summed E-state index contributed by atoms with van der Waals surface area (Å²) in [5.74, 6) is -2.34. The van der Waals surface area contributed by atoms with Crippen molar-refractivity contribution in [1.82, 2.24) is 5.32 Å². The molecule has 0 unspecified atom stereocenters. The summed E-state index contributed by atoms with van der Waals surface area (Å²) in [6.45, 7) is -0.194. The molecule has 2 fully saturated rings. The Morgan fingerprint density at radius 3 is 2.55 bits per heavy atom. The third kappa shape index (κ3) is 4.85. The second-order valence-electron chi connectivity index (χ2n) is 6.95. The van der Waals surface area contributed by atoms with Gasteiger partial charge in [0.15, 0.2) is 6.04 Å². The molecule has 1 heterocycles. The number of anilines is 2. The number of nitrogens with zero attached hydrogens (tertiary/aromatic N) is 1. The van der Waals surface area contributed by atoms with Crippen molar-refractivity contribution in [2.75, 3.05) is 30.0 Å². The van der Waals surface area contributed by atoms with E-state index in [4.69, 9.17) is 10.5 Å². The van der Waals surface area contributed by atoms with Gasteiger partial charge in [0.1, 0.15) is 6.61 Å². The van der Waals surface area contributed by atoms with Gasteiger partial charge >= 0.3 is 6.18 Å². The van der Waals surface area contributed by atoms with Crippen molar-refractivity contribution in [3.63, 3.8) is 0 Å².